The number of carbonyl (C=O) groups is 1. The van der Waals surface area contributed by atoms with Gasteiger partial charge in [-0.3, -0.25) is 14.6 Å². The van der Waals surface area contributed by atoms with E-state index in [1.165, 1.54) is 25.5 Å². The molecule has 0 radical (unpaired) electrons. The van der Waals surface area contributed by atoms with Crippen LogP contribution in [0.3, 0.4) is 0 Å². The lowest BCUT2D eigenvalue weighted by Crippen LogP contribution is -2.41. The fourth-order valence-corrected chi connectivity index (χ4v) is 4.80. The van der Waals surface area contributed by atoms with E-state index < -0.39 is 0 Å². The highest BCUT2D eigenvalue weighted by atomic mass is 16.7. The Bertz CT molecular complexity index is 953. The van der Waals surface area contributed by atoms with E-state index in [0.29, 0.717) is 24.7 Å². The molecule has 5 rings (SSSR count). The third-order valence-electron chi connectivity index (χ3n) is 6.76. The Morgan fingerprint density at radius 1 is 1.09 bits per heavy atom. The summed E-state index contributed by atoms with van der Waals surface area (Å²) in [6, 6.07) is 6.30. The highest BCUT2D eigenvalue weighted by molar-refractivity contribution is 5.92. The van der Waals surface area contributed by atoms with Crippen molar-refractivity contribution in [1.82, 2.24) is 20.1 Å². The molecule has 1 aromatic heterocycles. The molecule has 0 bridgehead atoms. The number of rotatable bonds is 9. The zero-order valence-electron chi connectivity index (χ0n) is 19.7. The average Bonchev–Trinajstić information content (AvgIpc) is 3.53. The monoisotopic (exact) mass is 470 g/mol. The predicted octanol–water partition coefficient (Wildman–Crippen LogP) is 2.80. The van der Waals surface area contributed by atoms with Gasteiger partial charge >= 0.3 is 0 Å². The zero-order valence-corrected chi connectivity index (χ0v) is 19.7. The van der Waals surface area contributed by atoms with Crippen LogP contribution >= 0.6 is 0 Å². The summed E-state index contributed by atoms with van der Waals surface area (Å²) < 4.78 is 22.2. The van der Waals surface area contributed by atoms with Gasteiger partial charge in [0.15, 0.2) is 17.2 Å². The molecule has 1 N–H and O–H groups in total. The lowest BCUT2D eigenvalue weighted by atomic mass is 9.95. The van der Waals surface area contributed by atoms with Crippen LogP contribution < -0.4 is 14.8 Å². The lowest BCUT2D eigenvalue weighted by molar-refractivity contribution is 0.0320. The van der Waals surface area contributed by atoms with Gasteiger partial charge in [-0.05, 0) is 30.5 Å². The molecule has 3 aliphatic rings. The quantitative estimate of drug-likeness (QED) is 0.599. The van der Waals surface area contributed by atoms with E-state index in [1.54, 1.807) is 0 Å². The van der Waals surface area contributed by atoms with Crippen LogP contribution in [0.4, 0.5) is 0 Å². The van der Waals surface area contributed by atoms with E-state index in [4.69, 9.17) is 18.6 Å². The molecule has 34 heavy (non-hydrogen) atoms. The van der Waals surface area contributed by atoms with Crippen LogP contribution in [0.25, 0.3) is 0 Å². The second-order valence-electron chi connectivity index (χ2n) is 9.29. The molecule has 1 saturated heterocycles. The summed E-state index contributed by atoms with van der Waals surface area (Å²) in [5, 5.41) is 3.11. The fraction of sp³-hybridized carbons (Fsp3) is 0.600. The Morgan fingerprint density at radius 2 is 1.91 bits per heavy atom. The van der Waals surface area contributed by atoms with Crippen LogP contribution in [-0.2, 0) is 17.8 Å². The van der Waals surface area contributed by atoms with Crippen molar-refractivity contribution in [3.63, 3.8) is 0 Å². The number of ether oxygens (including phenoxy) is 3. The SMILES string of the molecule is O=C(NC1CCCCC1)c1coc(CN(CCN2CCOCC2)Cc2ccc3c(c2)OCO3)n1. The molecular weight excluding hydrogens is 436 g/mol. The van der Waals surface area contributed by atoms with E-state index in [0.717, 1.165) is 69.3 Å². The minimum absolute atomic E-state index is 0.141. The minimum Gasteiger partial charge on any atom is -0.454 e. The van der Waals surface area contributed by atoms with Crippen molar-refractivity contribution >= 4 is 5.91 Å². The van der Waals surface area contributed by atoms with E-state index in [2.05, 4.69) is 26.2 Å². The van der Waals surface area contributed by atoms with E-state index in [1.807, 2.05) is 12.1 Å². The predicted molar refractivity (Wildman–Crippen MR) is 125 cm³/mol. The number of oxazole rings is 1. The number of amides is 1. The molecule has 1 aliphatic carbocycles. The molecule has 2 aromatic rings. The van der Waals surface area contributed by atoms with Crippen LogP contribution in [0, 0.1) is 0 Å². The van der Waals surface area contributed by atoms with Crippen LogP contribution in [-0.4, -0.2) is 72.9 Å². The van der Waals surface area contributed by atoms with Crippen molar-refractivity contribution in [2.24, 2.45) is 0 Å². The normalized spacial score (nSPS) is 19.0. The molecule has 2 aliphatic heterocycles. The number of carbonyl (C=O) groups excluding carboxylic acids is 1. The maximum absolute atomic E-state index is 12.7. The summed E-state index contributed by atoms with van der Waals surface area (Å²) in [4.78, 5) is 21.9. The van der Waals surface area contributed by atoms with Crippen molar-refractivity contribution < 1.29 is 23.4 Å². The third-order valence-corrected chi connectivity index (χ3v) is 6.76. The second-order valence-corrected chi connectivity index (χ2v) is 9.29. The first-order valence-corrected chi connectivity index (χ1v) is 12.4. The summed E-state index contributed by atoms with van der Waals surface area (Å²) in [6.45, 7) is 6.74. The summed E-state index contributed by atoms with van der Waals surface area (Å²) in [5.41, 5.74) is 1.49. The smallest absolute Gasteiger partial charge is 0.273 e. The average molecular weight is 471 g/mol. The van der Waals surface area contributed by atoms with Gasteiger partial charge in [0, 0.05) is 38.8 Å². The zero-order chi connectivity index (χ0) is 23.2. The third kappa shape index (κ3) is 6.08. The maximum atomic E-state index is 12.7. The first-order chi connectivity index (χ1) is 16.7. The number of nitrogens with one attached hydrogen (secondary N) is 1. The maximum Gasteiger partial charge on any atom is 0.273 e. The Balaban J connectivity index is 1.22. The van der Waals surface area contributed by atoms with E-state index in [-0.39, 0.29) is 18.7 Å². The highest BCUT2D eigenvalue weighted by Crippen LogP contribution is 2.33. The van der Waals surface area contributed by atoms with Gasteiger partial charge in [0.1, 0.15) is 6.26 Å². The van der Waals surface area contributed by atoms with Gasteiger partial charge in [-0.1, -0.05) is 25.3 Å². The van der Waals surface area contributed by atoms with Crippen LogP contribution in [0.1, 0.15) is 54.0 Å². The van der Waals surface area contributed by atoms with Crippen LogP contribution in [0.2, 0.25) is 0 Å². The fourth-order valence-electron chi connectivity index (χ4n) is 4.80. The van der Waals surface area contributed by atoms with Gasteiger partial charge in [-0.25, -0.2) is 4.98 Å². The number of benzene rings is 1. The molecule has 1 saturated carbocycles. The Labute approximate surface area is 200 Å². The molecule has 1 aromatic carbocycles. The highest BCUT2D eigenvalue weighted by Gasteiger charge is 2.21. The Hall–Kier alpha value is -2.62. The molecule has 9 nitrogen and oxygen atoms in total. The van der Waals surface area contributed by atoms with Crippen molar-refractivity contribution in [1.29, 1.82) is 0 Å². The first-order valence-electron chi connectivity index (χ1n) is 12.4. The van der Waals surface area contributed by atoms with Gasteiger partial charge in [-0.2, -0.15) is 0 Å². The van der Waals surface area contributed by atoms with Gasteiger partial charge in [0.2, 0.25) is 12.7 Å². The molecule has 0 unspecified atom stereocenters. The molecule has 0 spiro atoms. The van der Waals surface area contributed by atoms with Gasteiger partial charge < -0.3 is 23.9 Å². The largest absolute Gasteiger partial charge is 0.454 e. The van der Waals surface area contributed by atoms with Crippen LogP contribution in [0.15, 0.2) is 28.9 Å². The van der Waals surface area contributed by atoms with Crippen molar-refractivity contribution in [2.75, 3.05) is 46.2 Å². The molecule has 9 heteroatoms. The first kappa shape index (κ1) is 23.1. The minimum atomic E-state index is -0.141. The molecular formula is C25H34N4O5. The van der Waals surface area contributed by atoms with Gasteiger partial charge in [0.25, 0.3) is 5.91 Å². The van der Waals surface area contributed by atoms with E-state index >= 15 is 0 Å². The van der Waals surface area contributed by atoms with Gasteiger partial charge in [0.05, 0.1) is 19.8 Å². The summed E-state index contributed by atoms with van der Waals surface area (Å²) in [7, 11) is 0. The molecule has 1 amide bonds. The van der Waals surface area contributed by atoms with Crippen molar-refractivity contribution in [2.45, 2.75) is 51.2 Å². The molecule has 184 valence electrons. The van der Waals surface area contributed by atoms with Gasteiger partial charge in [-0.15, -0.1) is 0 Å². The van der Waals surface area contributed by atoms with Crippen molar-refractivity contribution in [3.8, 4) is 11.5 Å². The number of fused-ring (bicyclic) bond motifs is 1. The molecule has 0 atom stereocenters. The number of hydrogen-bond acceptors (Lipinski definition) is 8. The number of nitrogens with zero attached hydrogens (tertiary/aromatic N) is 3. The Kier molecular flexibility index (Phi) is 7.62. The van der Waals surface area contributed by atoms with E-state index in [9.17, 15) is 4.79 Å². The topological polar surface area (TPSA) is 89.3 Å². The standard InChI is InChI=1S/C25H34N4O5/c30-25(26-20-4-2-1-3-5-20)21-17-32-24(27-21)16-29(9-8-28-10-12-31-13-11-28)15-19-6-7-22-23(14-19)34-18-33-22/h6-7,14,17,20H,1-5,8-13,15-16,18H2,(H,26,30). The van der Waals surface area contributed by atoms with Crippen molar-refractivity contribution in [3.05, 3.63) is 41.6 Å². The second kappa shape index (κ2) is 11.2. The molecule has 2 fully saturated rings. The Morgan fingerprint density at radius 3 is 2.76 bits per heavy atom. The lowest BCUT2D eigenvalue weighted by Gasteiger charge is -2.29. The number of morpholine rings is 1. The summed E-state index contributed by atoms with van der Waals surface area (Å²) >= 11 is 0. The van der Waals surface area contributed by atoms with Crippen LogP contribution in [0.5, 0.6) is 11.5 Å². The number of aromatic nitrogens is 1. The summed E-state index contributed by atoms with van der Waals surface area (Å²) in [6.07, 6.45) is 7.17. The molecule has 3 heterocycles. The summed E-state index contributed by atoms with van der Waals surface area (Å²) in [5.74, 6) is 1.97. The number of hydrogen-bond donors (Lipinski definition) is 1.